The summed E-state index contributed by atoms with van der Waals surface area (Å²) in [5.41, 5.74) is 6.50. The fourth-order valence-corrected chi connectivity index (χ4v) is 1.83. The molecular weight excluding hydrogens is 202 g/mol. The molecule has 1 aromatic rings. The number of benzene rings is 1. The first-order chi connectivity index (χ1) is 6.52. The van der Waals surface area contributed by atoms with Gasteiger partial charge < -0.3 is 10.8 Å². The van der Waals surface area contributed by atoms with Crippen LogP contribution >= 0.6 is 0 Å². The highest BCUT2D eigenvalue weighted by molar-refractivity contribution is 7.83. The molecule has 14 heavy (non-hydrogen) atoms. The lowest BCUT2D eigenvalue weighted by atomic mass is 10.1. The number of carboxylic acid groups (broad SMARTS) is 1. The molecule has 0 aromatic heterocycles. The summed E-state index contributed by atoms with van der Waals surface area (Å²) in [6.45, 7) is 0. The van der Waals surface area contributed by atoms with Crippen LogP contribution in [-0.4, -0.2) is 21.5 Å². The molecule has 0 amide bonds. The second-order valence-corrected chi connectivity index (χ2v) is 4.34. The molecule has 0 fully saturated rings. The van der Waals surface area contributed by atoms with Gasteiger partial charge in [0, 0.05) is 17.1 Å². The molecule has 0 aliphatic rings. The third-order valence-corrected chi connectivity index (χ3v) is 2.50. The topological polar surface area (TPSA) is 80.4 Å². The maximum Gasteiger partial charge on any atom is 0.337 e. The number of hydrogen-bond donors (Lipinski definition) is 2. The Hall–Kier alpha value is -1.36. The van der Waals surface area contributed by atoms with Crippen LogP contribution in [-0.2, 0) is 16.6 Å². The Morgan fingerprint density at radius 1 is 1.57 bits per heavy atom. The van der Waals surface area contributed by atoms with Gasteiger partial charge in [0.25, 0.3) is 0 Å². The van der Waals surface area contributed by atoms with E-state index in [1.807, 2.05) is 0 Å². The largest absolute Gasteiger partial charge is 0.478 e. The number of rotatable bonds is 3. The Bertz CT molecular complexity index is 390. The average molecular weight is 213 g/mol. The van der Waals surface area contributed by atoms with Crippen molar-refractivity contribution >= 4 is 22.5 Å². The number of nitrogen functional groups attached to an aromatic ring is 1. The smallest absolute Gasteiger partial charge is 0.337 e. The number of anilines is 1. The van der Waals surface area contributed by atoms with Crippen LogP contribution in [0, 0.1) is 0 Å². The molecule has 76 valence electrons. The molecule has 1 atom stereocenters. The molecule has 4 nitrogen and oxygen atoms in total. The van der Waals surface area contributed by atoms with Crippen LogP contribution in [0.4, 0.5) is 5.69 Å². The molecule has 3 N–H and O–H groups in total. The van der Waals surface area contributed by atoms with Crippen LogP contribution in [0.3, 0.4) is 0 Å². The number of hydrogen-bond acceptors (Lipinski definition) is 3. The zero-order chi connectivity index (χ0) is 10.7. The maximum atomic E-state index is 11.0. The van der Waals surface area contributed by atoms with Crippen molar-refractivity contribution in [2.75, 3.05) is 12.0 Å². The molecule has 0 aliphatic heterocycles. The fraction of sp³-hybridized carbons (Fsp3) is 0.222. The molecule has 1 unspecified atom stereocenters. The quantitative estimate of drug-likeness (QED) is 0.729. The lowest BCUT2D eigenvalue weighted by Gasteiger charge is -2.06. The summed E-state index contributed by atoms with van der Waals surface area (Å²) in [5.74, 6) is -0.779. The van der Waals surface area contributed by atoms with Crippen LogP contribution in [0.15, 0.2) is 18.2 Å². The van der Waals surface area contributed by atoms with Crippen LogP contribution < -0.4 is 5.73 Å². The highest BCUT2D eigenvalue weighted by Gasteiger charge is 2.11. The minimum absolute atomic E-state index is 0.0629. The number of para-hydroxylation sites is 1. The van der Waals surface area contributed by atoms with Crippen molar-refractivity contribution < 1.29 is 14.1 Å². The van der Waals surface area contributed by atoms with E-state index in [0.717, 1.165) is 0 Å². The van der Waals surface area contributed by atoms with Crippen molar-refractivity contribution in [1.29, 1.82) is 0 Å². The van der Waals surface area contributed by atoms with Crippen LogP contribution in [0.2, 0.25) is 0 Å². The first-order valence-corrected chi connectivity index (χ1v) is 5.65. The summed E-state index contributed by atoms with van der Waals surface area (Å²) in [6.07, 6.45) is 1.55. The summed E-state index contributed by atoms with van der Waals surface area (Å²) in [4.78, 5) is 10.7. The van der Waals surface area contributed by atoms with Crippen LogP contribution in [0.5, 0.6) is 0 Å². The van der Waals surface area contributed by atoms with Gasteiger partial charge in [-0.05, 0) is 11.6 Å². The Labute approximate surface area is 84.2 Å². The molecule has 0 saturated heterocycles. The van der Waals surface area contributed by atoms with E-state index in [4.69, 9.17) is 10.8 Å². The Morgan fingerprint density at radius 3 is 2.71 bits per heavy atom. The fourth-order valence-electron chi connectivity index (χ4n) is 1.14. The Balaban J connectivity index is 3.13. The van der Waals surface area contributed by atoms with Gasteiger partial charge in [-0.25, -0.2) is 4.79 Å². The van der Waals surface area contributed by atoms with Gasteiger partial charge in [-0.2, -0.15) is 0 Å². The van der Waals surface area contributed by atoms with E-state index in [-0.39, 0.29) is 17.0 Å². The predicted octanol–water partition coefficient (Wildman–Crippen LogP) is 0.846. The molecule has 0 spiro atoms. The molecule has 1 rings (SSSR count). The normalized spacial score (nSPS) is 12.4. The van der Waals surface area contributed by atoms with Gasteiger partial charge in [0.05, 0.1) is 17.0 Å². The predicted molar refractivity (Wildman–Crippen MR) is 55.6 cm³/mol. The van der Waals surface area contributed by atoms with E-state index in [0.29, 0.717) is 5.56 Å². The lowest BCUT2D eigenvalue weighted by Crippen LogP contribution is -2.06. The lowest BCUT2D eigenvalue weighted by molar-refractivity contribution is 0.0698. The SMILES string of the molecule is CS(=O)Cc1cccc(C(=O)O)c1N. The summed E-state index contributed by atoms with van der Waals surface area (Å²) in [5, 5.41) is 8.77. The van der Waals surface area contributed by atoms with E-state index in [1.54, 1.807) is 18.4 Å². The highest BCUT2D eigenvalue weighted by Crippen LogP contribution is 2.18. The first kappa shape index (κ1) is 10.7. The van der Waals surface area contributed by atoms with Crippen molar-refractivity contribution in [3.05, 3.63) is 29.3 Å². The molecule has 5 heteroatoms. The van der Waals surface area contributed by atoms with Crippen molar-refractivity contribution in [2.24, 2.45) is 0 Å². The van der Waals surface area contributed by atoms with Crippen molar-refractivity contribution in [3.8, 4) is 0 Å². The second-order valence-electron chi connectivity index (χ2n) is 2.90. The van der Waals surface area contributed by atoms with Gasteiger partial charge in [0.15, 0.2) is 0 Å². The minimum Gasteiger partial charge on any atom is -0.478 e. The number of carbonyl (C=O) groups is 1. The van der Waals surface area contributed by atoms with Gasteiger partial charge >= 0.3 is 5.97 Å². The van der Waals surface area contributed by atoms with Gasteiger partial charge in [-0.3, -0.25) is 4.21 Å². The van der Waals surface area contributed by atoms with E-state index in [1.165, 1.54) is 6.07 Å². The first-order valence-electron chi connectivity index (χ1n) is 3.93. The molecule has 1 aromatic carbocycles. The standard InChI is InChI=1S/C9H11NO3S/c1-14(13)5-6-3-2-4-7(8(6)10)9(11)12/h2-4H,5,10H2,1H3,(H,11,12). The van der Waals surface area contributed by atoms with Crippen molar-refractivity contribution in [1.82, 2.24) is 0 Å². The third kappa shape index (κ3) is 2.32. The number of carboxylic acids is 1. The van der Waals surface area contributed by atoms with Gasteiger partial charge in [0.2, 0.25) is 0 Å². The van der Waals surface area contributed by atoms with Crippen molar-refractivity contribution in [2.45, 2.75) is 5.75 Å². The molecule has 0 heterocycles. The monoisotopic (exact) mass is 213 g/mol. The number of aromatic carboxylic acids is 1. The van der Waals surface area contributed by atoms with Crippen LogP contribution in [0.25, 0.3) is 0 Å². The van der Waals surface area contributed by atoms with E-state index >= 15 is 0 Å². The van der Waals surface area contributed by atoms with Gasteiger partial charge in [-0.1, -0.05) is 12.1 Å². The summed E-state index contributed by atoms with van der Waals surface area (Å²) >= 11 is 0. The Morgan fingerprint density at radius 2 is 2.21 bits per heavy atom. The average Bonchev–Trinajstić information content (AvgIpc) is 2.07. The van der Waals surface area contributed by atoms with Gasteiger partial charge in [0.1, 0.15) is 0 Å². The second kappa shape index (κ2) is 4.23. The third-order valence-electron chi connectivity index (χ3n) is 1.79. The molecule has 0 saturated carbocycles. The van der Waals surface area contributed by atoms with Gasteiger partial charge in [-0.15, -0.1) is 0 Å². The molecule has 0 aliphatic carbocycles. The van der Waals surface area contributed by atoms with E-state index in [2.05, 4.69) is 0 Å². The zero-order valence-corrected chi connectivity index (χ0v) is 8.50. The highest BCUT2D eigenvalue weighted by atomic mass is 32.2. The summed E-state index contributed by atoms with van der Waals surface area (Å²) < 4.78 is 11.0. The Kier molecular flexibility index (Phi) is 3.24. The molecule has 0 radical (unpaired) electrons. The van der Waals surface area contributed by atoms with E-state index < -0.39 is 16.8 Å². The maximum absolute atomic E-state index is 11.0. The van der Waals surface area contributed by atoms with Crippen molar-refractivity contribution in [3.63, 3.8) is 0 Å². The summed E-state index contributed by atoms with van der Waals surface area (Å²) in [7, 11) is -1.02. The molecule has 0 bridgehead atoms. The number of nitrogens with two attached hydrogens (primary N) is 1. The summed E-state index contributed by atoms with van der Waals surface area (Å²) in [6, 6.07) is 4.71. The van der Waals surface area contributed by atoms with E-state index in [9.17, 15) is 9.00 Å². The minimum atomic E-state index is -1.06. The zero-order valence-electron chi connectivity index (χ0n) is 7.69. The molecular formula is C9H11NO3S. The van der Waals surface area contributed by atoms with Crippen LogP contribution in [0.1, 0.15) is 15.9 Å².